The van der Waals surface area contributed by atoms with Crippen LogP contribution in [-0.4, -0.2) is 21.8 Å². The van der Waals surface area contributed by atoms with E-state index >= 15 is 0 Å². The number of fused-ring (bicyclic) bond motifs is 1. The molecule has 6 nitrogen and oxygen atoms in total. The average molecular weight is 162 g/mol. The molecule has 0 atom stereocenters. The number of nitrogens with one attached hydrogen (secondary N) is 1. The van der Waals surface area contributed by atoms with Gasteiger partial charge >= 0.3 is 0 Å². The molecule has 0 spiro atoms. The largest absolute Gasteiger partial charge is 0.292 e. The second-order valence-corrected chi connectivity index (χ2v) is 2.08. The zero-order valence-corrected chi connectivity index (χ0v) is 5.74. The van der Waals surface area contributed by atoms with Crippen LogP contribution in [0.5, 0.6) is 0 Å². The number of rotatable bonds is 0. The molecule has 0 bridgehead atoms. The third-order valence-electron chi connectivity index (χ3n) is 1.35. The number of aromatic nitrogens is 2. The fraction of sp³-hybridized carbons (Fsp3) is 0. The first-order valence-electron chi connectivity index (χ1n) is 3.07. The van der Waals surface area contributed by atoms with Crippen LogP contribution in [0.25, 0.3) is 0 Å². The van der Waals surface area contributed by atoms with Crippen LogP contribution in [0.4, 0.5) is 0 Å². The lowest BCUT2D eigenvalue weighted by molar-refractivity contribution is 0.0959. The molecule has 1 N–H and O–H groups in total. The van der Waals surface area contributed by atoms with Gasteiger partial charge in [-0.2, -0.15) is 5.10 Å². The molecule has 58 valence electrons. The van der Waals surface area contributed by atoms with Crippen LogP contribution < -0.4 is 16.3 Å². The van der Waals surface area contributed by atoms with Crippen LogP contribution in [0.2, 0.25) is 0 Å². The number of hydrogen-bond acceptors (Lipinski definition) is 5. The minimum atomic E-state index is -0.427. The van der Waals surface area contributed by atoms with Gasteiger partial charge in [-0.25, -0.2) is 20.2 Å². The molecule has 1 aliphatic heterocycles. The lowest BCUT2D eigenvalue weighted by Crippen LogP contribution is -2.25. The fourth-order valence-corrected chi connectivity index (χ4v) is 0.838. The summed E-state index contributed by atoms with van der Waals surface area (Å²) >= 11 is 0. The first-order chi connectivity index (χ1) is 5.81. The van der Waals surface area contributed by atoms with Gasteiger partial charge in [-0.3, -0.25) is 4.79 Å². The van der Waals surface area contributed by atoms with Crippen LogP contribution in [0.3, 0.4) is 0 Å². The average Bonchev–Trinajstić information content (AvgIpc) is 2.47. The summed E-state index contributed by atoms with van der Waals surface area (Å²) in [6.45, 7) is 0. The maximum Gasteiger partial charge on any atom is 0.292 e. The van der Waals surface area contributed by atoms with Gasteiger partial charge in [-0.15, -0.1) is 0 Å². The molecule has 1 aromatic heterocycles. The molecule has 6 heteroatoms. The normalized spacial score (nSPS) is 12.8. The third kappa shape index (κ3) is 0.792. The number of amides is 1. The second kappa shape index (κ2) is 2.21. The summed E-state index contributed by atoms with van der Waals surface area (Å²) in [7, 11) is 0. The van der Waals surface area contributed by atoms with Crippen molar-refractivity contribution in [3.8, 4) is 0 Å². The molecule has 12 heavy (non-hydrogen) atoms. The third-order valence-corrected chi connectivity index (χ3v) is 1.35. The summed E-state index contributed by atoms with van der Waals surface area (Å²) in [6.07, 6.45) is 1.29. The summed E-state index contributed by atoms with van der Waals surface area (Å²) in [4.78, 5) is 28.2. The molecule has 0 aromatic carbocycles. The molecular weight excluding hydrogens is 160 g/mol. The lowest BCUT2D eigenvalue weighted by Gasteiger charge is -1.85. The Kier molecular flexibility index (Phi) is 1.22. The molecule has 0 fully saturated rings. The molecule has 0 saturated heterocycles. The van der Waals surface area contributed by atoms with Crippen molar-refractivity contribution in [2.45, 2.75) is 0 Å². The minimum absolute atomic E-state index is 0.114. The zero-order valence-electron chi connectivity index (χ0n) is 5.74. The van der Waals surface area contributed by atoms with Crippen molar-refractivity contribution in [3.63, 3.8) is 0 Å². The maximum absolute atomic E-state index is 10.9. The molecule has 2 rings (SSSR count). The number of carbonyl (C=O) groups excluding carboxylic acids is 2. The van der Waals surface area contributed by atoms with Gasteiger partial charge in [-0.05, 0) is 0 Å². The van der Waals surface area contributed by atoms with E-state index in [1.165, 1.54) is 12.1 Å². The predicted molar refractivity (Wildman–Crippen MR) is 35.1 cm³/mol. The van der Waals surface area contributed by atoms with Gasteiger partial charge in [0.25, 0.3) is 5.91 Å². The Morgan fingerprint density at radius 1 is 1.50 bits per heavy atom. The number of hydrogen-bond donors (Lipinski definition) is 1. The zero-order chi connectivity index (χ0) is 8.55. The number of nitrogens with zero attached hydrogens (tertiary/aromatic N) is 3. The van der Waals surface area contributed by atoms with Crippen LogP contribution in [0.15, 0.2) is 11.3 Å². The van der Waals surface area contributed by atoms with Crippen LogP contribution in [0.1, 0.15) is 10.5 Å². The van der Waals surface area contributed by atoms with Crippen molar-refractivity contribution < 1.29 is 9.59 Å². The summed E-state index contributed by atoms with van der Waals surface area (Å²) < 4.78 is 0. The molecule has 1 aliphatic rings. The van der Waals surface area contributed by atoms with E-state index in [-0.39, 0.29) is 11.2 Å². The van der Waals surface area contributed by atoms with Crippen LogP contribution >= 0.6 is 0 Å². The first-order valence-corrected chi connectivity index (χ1v) is 3.07. The lowest BCUT2D eigenvalue weighted by atomic mass is 10.4. The van der Waals surface area contributed by atoms with E-state index < -0.39 is 5.91 Å². The van der Waals surface area contributed by atoms with E-state index in [4.69, 9.17) is 0 Å². The van der Waals surface area contributed by atoms with E-state index in [1.54, 1.807) is 0 Å². The highest BCUT2D eigenvalue weighted by Crippen LogP contribution is 1.85. The Bertz CT molecular complexity index is 489. The van der Waals surface area contributed by atoms with Crippen molar-refractivity contribution >= 4 is 11.8 Å². The number of carbonyl (C=O) groups is 1. The topological polar surface area (TPSA) is 84.3 Å². The summed E-state index contributed by atoms with van der Waals surface area (Å²) in [5.74, 6) is 1.06. The van der Waals surface area contributed by atoms with Crippen molar-refractivity contribution in [2.75, 3.05) is 0 Å². The molecule has 0 saturated carbocycles. The van der Waals surface area contributed by atoms with Gasteiger partial charge in [0.1, 0.15) is 5.36 Å². The predicted octanol–water partition coefficient (Wildman–Crippen LogP) is -2.74. The molecule has 1 aromatic rings. The van der Waals surface area contributed by atoms with E-state index in [0.29, 0.717) is 5.36 Å². The Morgan fingerprint density at radius 2 is 2.33 bits per heavy atom. The summed E-state index contributed by atoms with van der Waals surface area (Å²) in [5.41, 5.74) is 2.17. The van der Waals surface area contributed by atoms with E-state index in [2.05, 4.69) is 20.5 Å². The smallest absolute Gasteiger partial charge is 0.265 e. The van der Waals surface area contributed by atoms with Crippen molar-refractivity contribution in [1.82, 2.24) is 15.4 Å². The Hall–Kier alpha value is -2.07. The molecule has 0 unspecified atom stereocenters. The summed E-state index contributed by atoms with van der Waals surface area (Å²) in [6, 6.07) is 0. The fourth-order valence-electron chi connectivity index (χ4n) is 0.838. The quantitative estimate of drug-likeness (QED) is 0.448. The molecule has 1 amide bonds. The van der Waals surface area contributed by atoms with Gasteiger partial charge in [0, 0.05) is 0 Å². The van der Waals surface area contributed by atoms with Crippen molar-refractivity contribution in [2.24, 2.45) is 5.10 Å². The molecule has 2 heterocycles. The summed E-state index contributed by atoms with van der Waals surface area (Å²) in [5, 5.41) is 3.95. The minimum Gasteiger partial charge on any atom is -0.265 e. The monoisotopic (exact) mass is 162 g/mol. The SMILES string of the molecule is O=C=c1ncc2c(n1)C(=O)NN=2. The van der Waals surface area contributed by atoms with Crippen molar-refractivity contribution in [1.29, 1.82) is 0 Å². The van der Waals surface area contributed by atoms with E-state index in [1.807, 2.05) is 0 Å². The molecule has 0 aliphatic carbocycles. The van der Waals surface area contributed by atoms with Gasteiger partial charge in [0.15, 0.2) is 11.6 Å². The van der Waals surface area contributed by atoms with Gasteiger partial charge in [0.2, 0.25) is 5.48 Å². The second-order valence-electron chi connectivity index (χ2n) is 2.08. The molecular formula is C6H2N4O2. The van der Waals surface area contributed by atoms with E-state index in [9.17, 15) is 9.59 Å². The Balaban J connectivity index is 2.85. The van der Waals surface area contributed by atoms with E-state index in [0.717, 1.165) is 0 Å². The van der Waals surface area contributed by atoms with Gasteiger partial charge in [0.05, 0.1) is 6.20 Å². The highest BCUT2D eigenvalue weighted by atomic mass is 16.2. The Labute approximate surface area is 65.6 Å². The maximum atomic E-state index is 10.9. The highest BCUT2D eigenvalue weighted by Gasteiger charge is 2.15. The first kappa shape index (κ1) is 6.63. The molecule has 0 radical (unpaired) electrons. The van der Waals surface area contributed by atoms with Gasteiger partial charge in [-0.1, -0.05) is 0 Å². The van der Waals surface area contributed by atoms with Gasteiger partial charge < -0.3 is 0 Å². The Morgan fingerprint density at radius 3 is 3.08 bits per heavy atom. The standard InChI is InChI=1S/C6H2N4O2/c11-2-4-7-1-3-5(8-4)6(12)10-9-3/h1H,(H,10,12). The van der Waals surface area contributed by atoms with Crippen LogP contribution in [0, 0.1) is 0 Å². The highest BCUT2D eigenvalue weighted by molar-refractivity contribution is 5.93. The van der Waals surface area contributed by atoms with Crippen molar-refractivity contribution in [3.05, 3.63) is 22.7 Å². The van der Waals surface area contributed by atoms with Crippen LogP contribution in [-0.2, 0) is 4.79 Å².